The first kappa shape index (κ1) is 24.5. The largest absolute Gasteiger partial charge is 0.390 e. The summed E-state index contributed by atoms with van der Waals surface area (Å²) in [5, 5.41) is 5.04. The normalized spacial score (nSPS) is 14.0. The summed E-state index contributed by atoms with van der Waals surface area (Å²) in [6.45, 7) is 0.912. The number of rotatable bonds is 8. The van der Waals surface area contributed by atoms with E-state index in [1.165, 1.54) is 36.9 Å². The first-order chi connectivity index (χ1) is 15.1. The van der Waals surface area contributed by atoms with E-state index >= 15 is 0 Å². The van der Waals surface area contributed by atoms with Gasteiger partial charge in [-0.15, -0.1) is 11.3 Å². The van der Waals surface area contributed by atoms with Crippen LogP contribution in [-0.4, -0.2) is 49.7 Å². The van der Waals surface area contributed by atoms with Gasteiger partial charge in [-0.25, -0.2) is 10.9 Å². The summed E-state index contributed by atoms with van der Waals surface area (Å²) in [4.78, 5) is 34.0. The number of amides is 1. The molecule has 1 saturated carbocycles. The lowest BCUT2D eigenvalue weighted by Gasteiger charge is -2.31. The zero-order valence-corrected chi connectivity index (χ0v) is 18.6. The molecule has 0 spiro atoms. The lowest BCUT2D eigenvalue weighted by molar-refractivity contribution is 0.0696. The Kier molecular flexibility index (Phi) is 10.7. The van der Waals surface area contributed by atoms with E-state index in [4.69, 9.17) is 11.6 Å². The quantitative estimate of drug-likeness (QED) is 0.188. The van der Waals surface area contributed by atoms with Crippen LogP contribution in [0.25, 0.3) is 0 Å². The number of hydrogen-bond acceptors (Lipinski definition) is 7. The molecule has 1 heterocycles. The Morgan fingerprint density at radius 1 is 1.32 bits per heavy atom. The van der Waals surface area contributed by atoms with Gasteiger partial charge in [-0.3, -0.25) is 9.59 Å². The average molecular weight is 446 g/mol. The van der Waals surface area contributed by atoms with Gasteiger partial charge in [-0.2, -0.15) is 0 Å². The highest BCUT2D eigenvalue weighted by Gasteiger charge is 2.23. The second-order valence-electron chi connectivity index (χ2n) is 7.15. The van der Waals surface area contributed by atoms with Crippen molar-refractivity contribution in [3.8, 4) is 0 Å². The van der Waals surface area contributed by atoms with Gasteiger partial charge in [-0.05, 0) is 42.5 Å². The zero-order valence-electron chi connectivity index (χ0n) is 17.8. The molecule has 1 aromatic heterocycles. The summed E-state index contributed by atoms with van der Waals surface area (Å²) < 4.78 is 0. The Morgan fingerprint density at radius 3 is 2.68 bits per heavy atom. The molecule has 1 aromatic carbocycles. The molecule has 0 atom stereocenters. The van der Waals surface area contributed by atoms with E-state index in [-0.39, 0.29) is 5.91 Å². The number of aldehydes is 1. The van der Waals surface area contributed by atoms with E-state index in [2.05, 4.69) is 15.1 Å². The Balaban J connectivity index is 0.000000412. The highest BCUT2D eigenvalue weighted by molar-refractivity contribution is 7.11. The maximum absolute atomic E-state index is 12.8. The summed E-state index contributed by atoms with van der Waals surface area (Å²) in [7, 11) is 1.88. The third-order valence-electron chi connectivity index (χ3n) is 5.10. The first-order valence-corrected chi connectivity index (χ1v) is 11.2. The van der Waals surface area contributed by atoms with E-state index in [1.807, 2.05) is 35.5 Å². The molecule has 5 N–H and O–H groups in total. The van der Waals surface area contributed by atoms with Gasteiger partial charge in [0.25, 0.3) is 5.91 Å². The Labute approximate surface area is 187 Å². The van der Waals surface area contributed by atoms with Crippen molar-refractivity contribution in [1.82, 2.24) is 4.90 Å². The predicted octanol–water partition coefficient (Wildman–Crippen LogP) is 3.57. The predicted molar refractivity (Wildman–Crippen MR) is 126 cm³/mol. The molecule has 1 amide bonds. The highest BCUT2D eigenvalue weighted by atomic mass is 32.1. The monoisotopic (exact) mass is 445 g/mol. The summed E-state index contributed by atoms with van der Waals surface area (Å²) in [6, 6.07) is 9.37. The van der Waals surface area contributed by atoms with Gasteiger partial charge in [0, 0.05) is 25.2 Å². The molecule has 31 heavy (non-hydrogen) atoms. The second kappa shape index (κ2) is 13.5. The van der Waals surface area contributed by atoms with Crippen LogP contribution < -0.4 is 16.9 Å². The molecule has 3 rings (SSSR count). The molecule has 0 radical (unpaired) electrons. The lowest BCUT2D eigenvalue weighted by atomic mass is 9.94. The Hall–Kier alpha value is -2.75. The maximum Gasteiger partial charge on any atom is 0.253 e. The smallest absolute Gasteiger partial charge is 0.253 e. The van der Waals surface area contributed by atoms with Crippen molar-refractivity contribution in [2.75, 3.05) is 25.5 Å². The van der Waals surface area contributed by atoms with Crippen LogP contribution in [0.15, 0.2) is 40.7 Å². The summed E-state index contributed by atoms with van der Waals surface area (Å²) in [5.41, 5.74) is 7.45. The SMILES string of the molecule is CN(C(=O)c1ccc(NCCON)c(N=CN)c1)C1CCCCC1.O=Cc1cccs1. The van der Waals surface area contributed by atoms with Gasteiger partial charge in [0.2, 0.25) is 0 Å². The van der Waals surface area contributed by atoms with Crippen LogP contribution in [-0.2, 0) is 4.84 Å². The minimum absolute atomic E-state index is 0.0206. The van der Waals surface area contributed by atoms with E-state index in [1.54, 1.807) is 12.1 Å². The summed E-state index contributed by atoms with van der Waals surface area (Å²) in [6.07, 6.45) is 7.88. The molecule has 0 bridgehead atoms. The topological polar surface area (TPSA) is 123 Å². The number of aliphatic imine (C=N–C) groups is 1. The fourth-order valence-corrected chi connectivity index (χ4v) is 3.97. The van der Waals surface area contributed by atoms with Crippen molar-refractivity contribution in [1.29, 1.82) is 0 Å². The summed E-state index contributed by atoms with van der Waals surface area (Å²) in [5.74, 6) is 5.04. The number of nitrogens with zero attached hydrogens (tertiary/aromatic N) is 2. The molecule has 168 valence electrons. The number of carbonyl (C=O) groups excluding carboxylic acids is 2. The van der Waals surface area contributed by atoms with E-state index in [0.29, 0.717) is 30.4 Å². The number of benzene rings is 1. The van der Waals surface area contributed by atoms with E-state index in [9.17, 15) is 9.59 Å². The van der Waals surface area contributed by atoms with Crippen LogP contribution in [0.5, 0.6) is 0 Å². The minimum atomic E-state index is 0.0206. The van der Waals surface area contributed by atoms with E-state index < -0.39 is 0 Å². The molecule has 1 fully saturated rings. The number of nitrogens with one attached hydrogen (secondary N) is 1. The van der Waals surface area contributed by atoms with Crippen LogP contribution in [0.3, 0.4) is 0 Å². The number of hydrogen-bond donors (Lipinski definition) is 3. The van der Waals surface area contributed by atoms with Gasteiger partial charge in [-0.1, -0.05) is 25.3 Å². The van der Waals surface area contributed by atoms with Gasteiger partial charge >= 0.3 is 0 Å². The molecule has 0 aliphatic heterocycles. The second-order valence-corrected chi connectivity index (χ2v) is 8.13. The van der Waals surface area contributed by atoms with E-state index in [0.717, 1.165) is 29.7 Å². The molecule has 0 saturated heterocycles. The molecule has 8 nitrogen and oxygen atoms in total. The van der Waals surface area contributed by atoms with Crippen LogP contribution in [0.1, 0.15) is 52.1 Å². The van der Waals surface area contributed by atoms with Crippen molar-refractivity contribution in [2.24, 2.45) is 16.6 Å². The van der Waals surface area contributed by atoms with Gasteiger partial charge in [0.05, 0.1) is 29.2 Å². The first-order valence-electron chi connectivity index (χ1n) is 10.3. The lowest BCUT2D eigenvalue weighted by Crippen LogP contribution is -2.38. The molecule has 1 aliphatic carbocycles. The molecule has 0 unspecified atom stereocenters. The summed E-state index contributed by atoms with van der Waals surface area (Å²) >= 11 is 1.45. The average Bonchev–Trinajstić information content (AvgIpc) is 3.34. The fraction of sp³-hybridized carbons (Fsp3) is 0.409. The molecular weight excluding hydrogens is 414 g/mol. The molecular formula is C22H31N5O3S. The Morgan fingerprint density at radius 2 is 2.10 bits per heavy atom. The third kappa shape index (κ3) is 7.78. The molecule has 2 aromatic rings. The zero-order chi connectivity index (χ0) is 22.5. The number of nitrogens with two attached hydrogens (primary N) is 2. The molecule has 1 aliphatic rings. The van der Waals surface area contributed by atoms with Crippen molar-refractivity contribution in [3.63, 3.8) is 0 Å². The standard InChI is InChI=1S/C17H27N5O2.C5H4OS/c1-22(14-5-3-2-4-6-14)17(23)13-7-8-15(20-9-10-24-19)16(11-13)21-12-18;6-4-5-2-1-3-7-5/h7-8,11-12,14,20H,2-6,9-10,19H2,1H3,(H2,18,21);1-4H. The third-order valence-corrected chi connectivity index (χ3v) is 5.89. The minimum Gasteiger partial charge on any atom is -0.390 e. The molecule has 9 heteroatoms. The number of thiophene rings is 1. The fourth-order valence-electron chi connectivity index (χ4n) is 3.44. The highest BCUT2D eigenvalue weighted by Crippen LogP contribution is 2.28. The van der Waals surface area contributed by atoms with Crippen LogP contribution in [0.2, 0.25) is 0 Å². The van der Waals surface area contributed by atoms with Gasteiger partial charge < -0.3 is 20.8 Å². The van der Waals surface area contributed by atoms with Gasteiger partial charge in [0.15, 0.2) is 6.29 Å². The van der Waals surface area contributed by atoms with Crippen molar-refractivity contribution in [3.05, 3.63) is 46.2 Å². The van der Waals surface area contributed by atoms with Crippen LogP contribution >= 0.6 is 11.3 Å². The number of anilines is 1. The van der Waals surface area contributed by atoms with Crippen LogP contribution in [0.4, 0.5) is 11.4 Å². The van der Waals surface area contributed by atoms with Crippen molar-refractivity contribution < 1.29 is 14.4 Å². The van der Waals surface area contributed by atoms with Crippen LogP contribution in [0, 0.1) is 0 Å². The number of carbonyl (C=O) groups is 2. The van der Waals surface area contributed by atoms with Gasteiger partial charge in [0.1, 0.15) is 0 Å². The van der Waals surface area contributed by atoms with Crippen molar-refractivity contribution >= 4 is 41.2 Å². The maximum atomic E-state index is 12.8. The van der Waals surface area contributed by atoms with Crippen molar-refractivity contribution in [2.45, 2.75) is 38.1 Å². The Bertz CT molecular complexity index is 836.